The highest BCUT2D eigenvalue weighted by molar-refractivity contribution is 7.71. The maximum Gasteiger partial charge on any atom is 0.262 e. The number of benzene rings is 3. The fourth-order valence-corrected chi connectivity index (χ4v) is 4.94. The molecule has 0 saturated carbocycles. The molecule has 10 heteroatoms. The number of aromatic nitrogens is 2. The van der Waals surface area contributed by atoms with E-state index in [1.54, 1.807) is 16.7 Å². The van der Waals surface area contributed by atoms with E-state index in [2.05, 4.69) is 15.2 Å². The number of rotatable bonds is 6. The van der Waals surface area contributed by atoms with Gasteiger partial charge in [0.1, 0.15) is 0 Å². The first-order valence-corrected chi connectivity index (χ1v) is 12.8. The average molecular weight is 531 g/mol. The van der Waals surface area contributed by atoms with Gasteiger partial charge in [-0.2, -0.15) is 0 Å². The first-order valence-electron chi connectivity index (χ1n) is 12.4. The molecule has 2 aliphatic heterocycles. The van der Waals surface area contributed by atoms with E-state index in [1.165, 1.54) is 0 Å². The van der Waals surface area contributed by atoms with Crippen LogP contribution in [0.1, 0.15) is 21.5 Å². The summed E-state index contributed by atoms with van der Waals surface area (Å²) in [6.45, 7) is 3.80. The molecule has 0 atom stereocenters. The minimum Gasteiger partial charge on any atom is -0.454 e. The minimum absolute atomic E-state index is 0.149. The molecule has 0 unspecified atom stereocenters. The summed E-state index contributed by atoms with van der Waals surface area (Å²) in [5, 5.41) is 3.51. The van der Waals surface area contributed by atoms with E-state index in [0.29, 0.717) is 59.0 Å². The summed E-state index contributed by atoms with van der Waals surface area (Å²) in [5.74, 6) is 1.20. The van der Waals surface area contributed by atoms with Crippen LogP contribution in [0.5, 0.6) is 11.5 Å². The van der Waals surface area contributed by atoms with Crippen LogP contribution in [0, 0.1) is 4.77 Å². The molecule has 3 aromatic carbocycles. The Bertz CT molecular complexity index is 1620. The highest BCUT2D eigenvalue weighted by Crippen LogP contribution is 2.32. The molecule has 38 heavy (non-hydrogen) atoms. The molecule has 2 aliphatic rings. The number of H-pyrrole nitrogens is 1. The van der Waals surface area contributed by atoms with Crippen molar-refractivity contribution in [1.29, 1.82) is 0 Å². The maximum atomic E-state index is 13.4. The van der Waals surface area contributed by atoms with E-state index < -0.39 is 0 Å². The molecule has 3 heterocycles. The largest absolute Gasteiger partial charge is 0.454 e. The van der Waals surface area contributed by atoms with Crippen molar-refractivity contribution in [3.05, 3.63) is 92.5 Å². The van der Waals surface area contributed by atoms with Gasteiger partial charge in [0, 0.05) is 30.9 Å². The molecular formula is C28H26N4O5S. The predicted octanol–water partition coefficient (Wildman–Crippen LogP) is 3.60. The van der Waals surface area contributed by atoms with Gasteiger partial charge in [-0.15, -0.1) is 0 Å². The zero-order valence-electron chi connectivity index (χ0n) is 20.6. The number of morpholine rings is 1. The molecule has 1 fully saturated rings. The van der Waals surface area contributed by atoms with Gasteiger partial charge in [-0.3, -0.25) is 14.2 Å². The van der Waals surface area contributed by atoms with Crippen molar-refractivity contribution in [2.24, 2.45) is 0 Å². The van der Waals surface area contributed by atoms with E-state index in [1.807, 2.05) is 48.5 Å². The van der Waals surface area contributed by atoms with Crippen molar-refractivity contribution in [1.82, 2.24) is 14.9 Å². The summed E-state index contributed by atoms with van der Waals surface area (Å²) in [4.78, 5) is 31.5. The van der Waals surface area contributed by atoms with Crippen LogP contribution in [0.3, 0.4) is 0 Å². The summed E-state index contributed by atoms with van der Waals surface area (Å²) >= 11 is 5.50. The van der Waals surface area contributed by atoms with Crippen LogP contribution in [-0.4, -0.2) is 48.6 Å². The Morgan fingerprint density at radius 2 is 1.71 bits per heavy atom. The fraction of sp³-hybridized carbons (Fsp3) is 0.250. The zero-order chi connectivity index (χ0) is 26.1. The zero-order valence-corrected chi connectivity index (χ0v) is 21.4. The van der Waals surface area contributed by atoms with Crippen molar-refractivity contribution < 1.29 is 19.0 Å². The molecule has 9 nitrogen and oxygen atoms in total. The highest BCUT2D eigenvalue weighted by Gasteiger charge is 2.15. The first-order chi connectivity index (χ1) is 18.5. The molecule has 1 saturated heterocycles. The van der Waals surface area contributed by atoms with Crippen LogP contribution in [0.15, 0.2) is 65.5 Å². The number of nitrogens with zero attached hydrogens (tertiary/aromatic N) is 2. The Morgan fingerprint density at radius 3 is 2.53 bits per heavy atom. The molecule has 2 N–H and O–H groups in total. The molecule has 0 spiro atoms. The Balaban J connectivity index is 1.16. The molecule has 1 amide bonds. The van der Waals surface area contributed by atoms with Gasteiger partial charge in [-0.1, -0.05) is 18.2 Å². The van der Waals surface area contributed by atoms with Gasteiger partial charge in [0.25, 0.3) is 11.5 Å². The molecule has 194 valence electrons. The standard InChI is InChI=1S/C28H26N4O5S/c33-26(29-15-19-3-8-24-25(13-19)37-17-36-24)20-4-1-18(2-5-20)16-32-27(34)22-14-21(31-9-11-35-12-10-31)6-7-23(22)30-28(32)38/h1-8,13-14H,9-12,15-17H2,(H,29,33)(H,30,38). The number of aromatic amines is 1. The maximum absolute atomic E-state index is 13.4. The number of carbonyl (C=O) groups is 1. The van der Waals surface area contributed by atoms with Crippen LogP contribution in [0.2, 0.25) is 0 Å². The number of nitrogens with one attached hydrogen (secondary N) is 2. The second-order valence-corrected chi connectivity index (χ2v) is 9.60. The van der Waals surface area contributed by atoms with Crippen molar-refractivity contribution in [2.75, 3.05) is 38.0 Å². The Hall–Kier alpha value is -4.15. The van der Waals surface area contributed by atoms with Crippen molar-refractivity contribution in [3.8, 4) is 11.5 Å². The third-order valence-electron chi connectivity index (χ3n) is 6.79. The van der Waals surface area contributed by atoms with E-state index in [0.717, 1.165) is 29.9 Å². The molecule has 0 aliphatic carbocycles. The lowest BCUT2D eigenvalue weighted by molar-refractivity contribution is 0.0950. The van der Waals surface area contributed by atoms with Gasteiger partial charge in [0.05, 0.1) is 30.7 Å². The number of hydrogen-bond donors (Lipinski definition) is 2. The lowest BCUT2D eigenvalue weighted by Crippen LogP contribution is -2.36. The lowest BCUT2D eigenvalue weighted by Gasteiger charge is -2.29. The van der Waals surface area contributed by atoms with E-state index in [-0.39, 0.29) is 18.3 Å². The van der Waals surface area contributed by atoms with Gasteiger partial charge >= 0.3 is 0 Å². The number of carbonyl (C=O) groups excluding carboxylic acids is 1. The SMILES string of the molecule is O=C(NCc1ccc2c(c1)OCO2)c1ccc(Cn2c(=S)[nH]c3ccc(N4CCOCC4)cc3c2=O)cc1. The number of amides is 1. The predicted molar refractivity (Wildman–Crippen MR) is 146 cm³/mol. The highest BCUT2D eigenvalue weighted by atomic mass is 32.1. The Morgan fingerprint density at radius 1 is 0.947 bits per heavy atom. The normalized spacial score (nSPS) is 14.6. The number of fused-ring (bicyclic) bond motifs is 2. The molecule has 6 rings (SSSR count). The fourth-order valence-electron chi connectivity index (χ4n) is 4.68. The van der Waals surface area contributed by atoms with E-state index in [4.69, 9.17) is 26.4 Å². The minimum atomic E-state index is -0.190. The van der Waals surface area contributed by atoms with Crippen LogP contribution in [0.25, 0.3) is 10.9 Å². The van der Waals surface area contributed by atoms with Gasteiger partial charge in [-0.05, 0) is 65.8 Å². The van der Waals surface area contributed by atoms with Crippen LogP contribution >= 0.6 is 12.2 Å². The summed E-state index contributed by atoms with van der Waals surface area (Å²) in [7, 11) is 0. The number of hydrogen-bond acceptors (Lipinski definition) is 7. The Kier molecular flexibility index (Phi) is 6.57. The van der Waals surface area contributed by atoms with Crippen LogP contribution in [-0.2, 0) is 17.8 Å². The van der Waals surface area contributed by atoms with Crippen molar-refractivity contribution >= 4 is 34.7 Å². The smallest absolute Gasteiger partial charge is 0.262 e. The summed E-state index contributed by atoms with van der Waals surface area (Å²) in [6.07, 6.45) is 0. The molecule has 1 aromatic heterocycles. The molecule has 0 radical (unpaired) electrons. The second-order valence-electron chi connectivity index (χ2n) is 9.22. The quantitative estimate of drug-likeness (QED) is 0.368. The van der Waals surface area contributed by atoms with Gasteiger partial charge in [0.2, 0.25) is 6.79 Å². The number of anilines is 1. The summed E-state index contributed by atoms with van der Waals surface area (Å²) in [5.41, 5.74) is 3.86. The van der Waals surface area contributed by atoms with Crippen LogP contribution < -0.4 is 25.2 Å². The second kappa shape index (κ2) is 10.3. The first kappa shape index (κ1) is 24.2. The van der Waals surface area contributed by atoms with Crippen molar-refractivity contribution in [2.45, 2.75) is 13.1 Å². The average Bonchev–Trinajstić information content (AvgIpc) is 3.43. The van der Waals surface area contributed by atoms with E-state index >= 15 is 0 Å². The lowest BCUT2D eigenvalue weighted by atomic mass is 10.1. The monoisotopic (exact) mass is 530 g/mol. The van der Waals surface area contributed by atoms with Gasteiger partial charge < -0.3 is 29.4 Å². The third-order valence-corrected chi connectivity index (χ3v) is 7.11. The Labute approximate surface area is 223 Å². The topological polar surface area (TPSA) is 97.8 Å². The van der Waals surface area contributed by atoms with Crippen molar-refractivity contribution in [3.63, 3.8) is 0 Å². The molecular weight excluding hydrogens is 504 g/mol. The number of ether oxygens (including phenoxy) is 3. The third kappa shape index (κ3) is 4.88. The molecule has 0 bridgehead atoms. The van der Waals surface area contributed by atoms with Gasteiger partial charge in [0.15, 0.2) is 16.3 Å². The van der Waals surface area contributed by atoms with Gasteiger partial charge in [-0.25, -0.2) is 0 Å². The molecule has 4 aromatic rings. The van der Waals surface area contributed by atoms with E-state index in [9.17, 15) is 9.59 Å². The van der Waals surface area contributed by atoms with Crippen LogP contribution in [0.4, 0.5) is 5.69 Å². The summed E-state index contributed by atoms with van der Waals surface area (Å²) < 4.78 is 18.1. The summed E-state index contributed by atoms with van der Waals surface area (Å²) in [6, 6.07) is 18.6.